The van der Waals surface area contributed by atoms with Crippen molar-refractivity contribution < 1.29 is 14.3 Å². The Morgan fingerprint density at radius 3 is 2.74 bits per heavy atom. The van der Waals surface area contributed by atoms with Crippen LogP contribution < -0.4 is 10.6 Å². The monoisotopic (exact) mass is 338 g/mol. The molecule has 2 N–H and O–H groups in total. The number of carbonyl (C=O) groups is 2. The summed E-state index contributed by atoms with van der Waals surface area (Å²) in [5.41, 5.74) is 1.51. The lowest BCUT2D eigenvalue weighted by Gasteiger charge is -2.27. The van der Waals surface area contributed by atoms with Gasteiger partial charge in [-0.05, 0) is 52.1 Å². The molecule has 0 radical (unpaired) electrons. The summed E-state index contributed by atoms with van der Waals surface area (Å²) in [6, 6.07) is 0.348. The van der Waals surface area contributed by atoms with E-state index in [-0.39, 0.29) is 17.8 Å². The van der Waals surface area contributed by atoms with E-state index in [1.54, 1.807) is 6.92 Å². The Morgan fingerprint density at radius 2 is 2.13 bits per heavy atom. The quantitative estimate of drug-likeness (QED) is 0.810. The summed E-state index contributed by atoms with van der Waals surface area (Å²) >= 11 is 1.46. The van der Waals surface area contributed by atoms with Gasteiger partial charge in [0.2, 0.25) is 5.91 Å². The van der Waals surface area contributed by atoms with Crippen LogP contribution in [0.3, 0.4) is 0 Å². The second kappa shape index (κ2) is 7.93. The van der Waals surface area contributed by atoms with E-state index < -0.39 is 0 Å². The SMILES string of the molecule is CCOC(=O)c1c(NC(=O)[C@H]2CCN[C@@H](C)C2)sc(C)c1CC. The largest absolute Gasteiger partial charge is 0.462 e. The molecule has 0 spiro atoms. The van der Waals surface area contributed by atoms with Crippen LogP contribution in [0.25, 0.3) is 0 Å². The molecule has 5 nitrogen and oxygen atoms in total. The van der Waals surface area contributed by atoms with E-state index in [2.05, 4.69) is 17.6 Å². The van der Waals surface area contributed by atoms with Crippen LogP contribution in [0, 0.1) is 12.8 Å². The van der Waals surface area contributed by atoms with E-state index in [9.17, 15) is 9.59 Å². The minimum Gasteiger partial charge on any atom is -0.462 e. The summed E-state index contributed by atoms with van der Waals surface area (Å²) in [5, 5.41) is 6.97. The molecule has 0 aliphatic carbocycles. The molecular formula is C17H26N2O3S. The lowest BCUT2D eigenvalue weighted by atomic mass is 9.92. The lowest BCUT2D eigenvalue weighted by Crippen LogP contribution is -2.40. The van der Waals surface area contributed by atoms with Crippen molar-refractivity contribution in [3.05, 3.63) is 16.0 Å². The molecule has 1 aromatic rings. The first-order valence-corrected chi connectivity index (χ1v) is 9.13. The summed E-state index contributed by atoms with van der Waals surface area (Å²) < 4.78 is 5.17. The van der Waals surface area contributed by atoms with Gasteiger partial charge in [-0.2, -0.15) is 0 Å². The number of anilines is 1. The molecule has 0 unspecified atom stereocenters. The molecule has 1 fully saturated rings. The van der Waals surface area contributed by atoms with Crippen LogP contribution in [0.1, 0.15) is 54.4 Å². The number of piperidine rings is 1. The summed E-state index contributed by atoms with van der Waals surface area (Å²) in [6.07, 6.45) is 2.40. The maximum Gasteiger partial charge on any atom is 0.341 e. The van der Waals surface area contributed by atoms with Crippen LogP contribution >= 0.6 is 11.3 Å². The zero-order chi connectivity index (χ0) is 17.0. The average Bonchev–Trinajstić information content (AvgIpc) is 2.82. The molecular weight excluding hydrogens is 312 g/mol. The molecule has 1 saturated heterocycles. The summed E-state index contributed by atoms with van der Waals surface area (Å²) in [5.74, 6) is -0.343. The van der Waals surface area contributed by atoms with Crippen LogP contribution in [-0.4, -0.2) is 31.1 Å². The zero-order valence-electron chi connectivity index (χ0n) is 14.3. The second-order valence-electron chi connectivity index (χ2n) is 5.98. The number of amides is 1. The van der Waals surface area contributed by atoms with Gasteiger partial charge in [0.05, 0.1) is 12.2 Å². The number of aryl methyl sites for hydroxylation is 1. The molecule has 0 saturated carbocycles. The fourth-order valence-corrected chi connectivity index (χ4v) is 4.23. The average molecular weight is 338 g/mol. The van der Waals surface area contributed by atoms with Gasteiger partial charge >= 0.3 is 5.97 Å². The maximum absolute atomic E-state index is 12.6. The number of hydrogen-bond acceptors (Lipinski definition) is 5. The zero-order valence-corrected chi connectivity index (χ0v) is 15.1. The van der Waals surface area contributed by atoms with E-state index in [1.165, 1.54) is 11.3 Å². The molecule has 0 aromatic carbocycles. The minimum atomic E-state index is -0.345. The summed E-state index contributed by atoms with van der Waals surface area (Å²) in [7, 11) is 0. The molecule has 1 amide bonds. The van der Waals surface area contributed by atoms with Gasteiger partial charge in [0.1, 0.15) is 5.00 Å². The number of esters is 1. The van der Waals surface area contributed by atoms with Crippen molar-refractivity contribution in [2.75, 3.05) is 18.5 Å². The second-order valence-corrected chi connectivity index (χ2v) is 7.21. The van der Waals surface area contributed by atoms with Crippen LogP contribution in [0.2, 0.25) is 0 Å². The standard InChI is InChI=1S/C17H26N2O3S/c1-5-13-11(4)23-16(14(13)17(21)22-6-2)19-15(20)12-7-8-18-10(3)9-12/h10,12,18H,5-9H2,1-4H3,(H,19,20)/t10-,12-/m0/s1. The fraction of sp³-hybridized carbons (Fsp3) is 0.647. The first-order chi connectivity index (χ1) is 11.0. The lowest BCUT2D eigenvalue weighted by molar-refractivity contribution is -0.120. The fourth-order valence-electron chi connectivity index (χ4n) is 3.10. The molecule has 23 heavy (non-hydrogen) atoms. The van der Waals surface area contributed by atoms with Gasteiger partial charge in [-0.3, -0.25) is 4.79 Å². The van der Waals surface area contributed by atoms with Crippen molar-refractivity contribution in [1.29, 1.82) is 0 Å². The number of hydrogen-bond donors (Lipinski definition) is 2. The first kappa shape index (κ1) is 17.9. The predicted molar refractivity (Wildman–Crippen MR) is 93.2 cm³/mol. The third-order valence-corrected chi connectivity index (χ3v) is 5.34. The van der Waals surface area contributed by atoms with E-state index >= 15 is 0 Å². The Hall–Kier alpha value is -1.40. The van der Waals surface area contributed by atoms with E-state index in [1.807, 2.05) is 13.8 Å². The topological polar surface area (TPSA) is 67.4 Å². The molecule has 6 heteroatoms. The van der Waals surface area contributed by atoms with Gasteiger partial charge in [-0.15, -0.1) is 11.3 Å². The van der Waals surface area contributed by atoms with Gasteiger partial charge in [-0.1, -0.05) is 6.92 Å². The Labute approximate surface area is 141 Å². The Morgan fingerprint density at radius 1 is 1.39 bits per heavy atom. The highest BCUT2D eigenvalue weighted by Crippen LogP contribution is 2.34. The van der Waals surface area contributed by atoms with Gasteiger partial charge in [0, 0.05) is 16.8 Å². The maximum atomic E-state index is 12.6. The van der Waals surface area contributed by atoms with Gasteiger partial charge < -0.3 is 15.4 Å². The van der Waals surface area contributed by atoms with Gasteiger partial charge in [0.25, 0.3) is 0 Å². The van der Waals surface area contributed by atoms with Gasteiger partial charge in [-0.25, -0.2) is 4.79 Å². The minimum absolute atomic E-state index is 0.00576. The third kappa shape index (κ3) is 4.12. The Kier molecular flexibility index (Phi) is 6.18. The van der Waals surface area contributed by atoms with Crippen molar-refractivity contribution in [3.8, 4) is 0 Å². The summed E-state index contributed by atoms with van der Waals surface area (Å²) in [4.78, 5) is 25.9. The normalized spacial score (nSPS) is 21.0. The van der Waals surface area contributed by atoms with E-state index in [0.29, 0.717) is 23.2 Å². The Balaban J connectivity index is 2.21. The highest BCUT2D eigenvalue weighted by molar-refractivity contribution is 7.16. The van der Waals surface area contributed by atoms with Crippen molar-refractivity contribution in [3.63, 3.8) is 0 Å². The van der Waals surface area contributed by atoms with Gasteiger partial charge in [0.15, 0.2) is 0 Å². The van der Waals surface area contributed by atoms with Crippen LogP contribution in [0.15, 0.2) is 0 Å². The molecule has 2 heterocycles. The number of rotatable bonds is 5. The van der Waals surface area contributed by atoms with Crippen molar-refractivity contribution in [2.24, 2.45) is 5.92 Å². The number of nitrogens with one attached hydrogen (secondary N) is 2. The highest BCUT2D eigenvalue weighted by atomic mass is 32.1. The molecule has 1 aliphatic rings. The third-order valence-electron chi connectivity index (χ3n) is 4.27. The summed E-state index contributed by atoms with van der Waals surface area (Å²) in [6.45, 7) is 9.06. The van der Waals surface area contributed by atoms with Crippen molar-refractivity contribution in [2.45, 2.75) is 53.0 Å². The molecule has 2 rings (SSSR count). The van der Waals surface area contributed by atoms with E-state index in [4.69, 9.17) is 4.74 Å². The number of carbonyl (C=O) groups excluding carboxylic acids is 2. The van der Waals surface area contributed by atoms with Crippen molar-refractivity contribution in [1.82, 2.24) is 5.32 Å². The highest BCUT2D eigenvalue weighted by Gasteiger charge is 2.28. The molecule has 128 valence electrons. The molecule has 0 bridgehead atoms. The first-order valence-electron chi connectivity index (χ1n) is 8.31. The molecule has 1 aromatic heterocycles. The predicted octanol–water partition coefficient (Wildman–Crippen LogP) is 3.12. The number of thiophene rings is 1. The molecule has 1 aliphatic heterocycles. The van der Waals surface area contributed by atoms with Crippen LogP contribution in [-0.2, 0) is 16.0 Å². The Bertz CT molecular complexity index is 583. The van der Waals surface area contributed by atoms with Crippen LogP contribution in [0.4, 0.5) is 5.00 Å². The smallest absolute Gasteiger partial charge is 0.341 e. The van der Waals surface area contributed by atoms with Crippen LogP contribution in [0.5, 0.6) is 0 Å². The van der Waals surface area contributed by atoms with Crippen molar-refractivity contribution >= 4 is 28.2 Å². The van der Waals surface area contributed by atoms with E-state index in [0.717, 1.165) is 36.2 Å². The molecule has 2 atom stereocenters. The number of ether oxygens (including phenoxy) is 1.